The molecular formula is C11H15N3O2S. The minimum Gasteiger partial charge on any atom is -0.399 e. The van der Waals surface area contributed by atoms with Crippen LogP contribution in [0.25, 0.3) is 0 Å². The molecule has 2 N–H and O–H groups in total. The summed E-state index contributed by atoms with van der Waals surface area (Å²) in [5.41, 5.74) is 5.95. The summed E-state index contributed by atoms with van der Waals surface area (Å²) in [4.78, 5) is 0.143. The fraction of sp³-hybridized carbons (Fsp3) is 0.364. The maximum Gasteiger partial charge on any atom is 0.243 e. The Morgan fingerprint density at radius 2 is 2.18 bits per heavy atom. The third kappa shape index (κ3) is 2.96. The lowest BCUT2D eigenvalue weighted by atomic mass is 10.3. The van der Waals surface area contributed by atoms with Crippen LogP contribution < -0.4 is 5.73 Å². The third-order valence-electron chi connectivity index (χ3n) is 2.54. The molecule has 0 saturated carbocycles. The third-order valence-corrected chi connectivity index (χ3v) is 4.51. The standard InChI is InChI=1S/C11H15N3O2S/c1-9(6-7-12)14(2)17(15,16)11-5-3-4-10(13)8-11/h3-5,8-9H,6,13H2,1-2H3. The molecule has 0 aliphatic heterocycles. The first-order valence-electron chi connectivity index (χ1n) is 5.10. The predicted molar refractivity (Wildman–Crippen MR) is 65.5 cm³/mol. The molecule has 1 unspecified atom stereocenters. The number of benzene rings is 1. The van der Waals surface area contributed by atoms with Gasteiger partial charge in [-0.15, -0.1) is 0 Å². The number of rotatable bonds is 4. The molecule has 0 heterocycles. The summed E-state index contributed by atoms with van der Waals surface area (Å²) in [5.74, 6) is 0. The van der Waals surface area contributed by atoms with Gasteiger partial charge in [0.05, 0.1) is 17.4 Å². The topological polar surface area (TPSA) is 87.2 Å². The molecule has 0 fully saturated rings. The number of anilines is 1. The van der Waals surface area contributed by atoms with Gasteiger partial charge in [0.1, 0.15) is 0 Å². The smallest absolute Gasteiger partial charge is 0.243 e. The first-order chi connectivity index (χ1) is 7.89. The zero-order chi connectivity index (χ0) is 13.1. The van der Waals surface area contributed by atoms with E-state index in [4.69, 9.17) is 11.0 Å². The molecule has 1 aromatic rings. The lowest BCUT2D eigenvalue weighted by Gasteiger charge is -2.22. The Kier molecular flexibility index (Phi) is 4.10. The summed E-state index contributed by atoms with van der Waals surface area (Å²) in [5, 5.41) is 8.57. The fourth-order valence-electron chi connectivity index (χ4n) is 1.34. The van der Waals surface area contributed by atoms with Crippen molar-refractivity contribution in [3.05, 3.63) is 24.3 Å². The Labute approximate surface area is 102 Å². The molecule has 92 valence electrons. The van der Waals surface area contributed by atoms with Crippen LogP contribution in [0.1, 0.15) is 13.3 Å². The van der Waals surface area contributed by atoms with Crippen molar-refractivity contribution < 1.29 is 8.42 Å². The van der Waals surface area contributed by atoms with Crippen LogP contribution in [-0.4, -0.2) is 25.8 Å². The van der Waals surface area contributed by atoms with Gasteiger partial charge in [0.25, 0.3) is 0 Å². The normalized spacial score (nSPS) is 13.3. The van der Waals surface area contributed by atoms with Gasteiger partial charge < -0.3 is 5.73 Å². The summed E-state index contributed by atoms with van der Waals surface area (Å²) in [6, 6.07) is 7.69. The molecule has 0 spiro atoms. The summed E-state index contributed by atoms with van der Waals surface area (Å²) in [7, 11) is -2.12. The predicted octanol–water partition coefficient (Wildman–Crippen LogP) is 1.19. The van der Waals surface area contributed by atoms with Crippen molar-refractivity contribution in [1.82, 2.24) is 4.31 Å². The van der Waals surface area contributed by atoms with Gasteiger partial charge in [-0.3, -0.25) is 0 Å². The quantitative estimate of drug-likeness (QED) is 0.816. The largest absolute Gasteiger partial charge is 0.399 e. The summed E-state index contributed by atoms with van der Waals surface area (Å²) >= 11 is 0. The van der Waals surface area contributed by atoms with E-state index in [0.29, 0.717) is 5.69 Å². The average Bonchev–Trinajstić information content (AvgIpc) is 2.28. The number of hydrogen-bond acceptors (Lipinski definition) is 4. The van der Waals surface area contributed by atoms with Crippen molar-refractivity contribution >= 4 is 15.7 Å². The summed E-state index contributed by atoms with van der Waals surface area (Å²) in [6.07, 6.45) is 0.151. The van der Waals surface area contributed by atoms with Crippen molar-refractivity contribution in [1.29, 1.82) is 5.26 Å². The molecule has 0 radical (unpaired) electrons. The molecule has 0 amide bonds. The van der Waals surface area contributed by atoms with Crippen LogP contribution >= 0.6 is 0 Å². The number of nitrogens with two attached hydrogens (primary N) is 1. The van der Waals surface area contributed by atoms with E-state index in [1.807, 2.05) is 6.07 Å². The molecule has 0 aliphatic rings. The van der Waals surface area contributed by atoms with Gasteiger partial charge in [0.15, 0.2) is 0 Å². The molecule has 1 aromatic carbocycles. The molecule has 0 aliphatic carbocycles. The van der Waals surface area contributed by atoms with Gasteiger partial charge >= 0.3 is 0 Å². The first-order valence-corrected chi connectivity index (χ1v) is 6.54. The zero-order valence-corrected chi connectivity index (χ0v) is 10.6. The lowest BCUT2D eigenvalue weighted by molar-refractivity contribution is 0.393. The van der Waals surface area contributed by atoms with Crippen LogP contribution in [0.5, 0.6) is 0 Å². The second-order valence-corrected chi connectivity index (χ2v) is 5.80. The van der Waals surface area contributed by atoms with Gasteiger partial charge in [-0.1, -0.05) is 6.07 Å². The van der Waals surface area contributed by atoms with Gasteiger partial charge in [-0.25, -0.2) is 8.42 Å². The van der Waals surface area contributed by atoms with Gasteiger partial charge in [-0.05, 0) is 25.1 Å². The van der Waals surface area contributed by atoms with Crippen LogP contribution in [0, 0.1) is 11.3 Å². The maximum atomic E-state index is 12.2. The molecule has 0 aromatic heterocycles. The highest BCUT2D eigenvalue weighted by Crippen LogP contribution is 2.19. The second-order valence-electron chi connectivity index (χ2n) is 3.80. The Bertz CT molecular complexity index is 534. The highest BCUT2D eigenvalue weighted by molar-refractivity contribution is 7.89. The Morgan fingerprint density at radius 1 is 1.53 bits per heavy atom. The van der Waals surface area contributed by atoms with E-state index in [9.17, 15) is 8.42 Å². The van der Waals surface area contributed by atoms with Gasteiger partial charge in [0, 0.05) is 18.8 Å². The summed E-state index contributed by atoms with van der Waals surface area (Å²) in [6.45, 7) is 1.69. The molecule has 1 atom stereocenters. The maximum absolute atomic E-state index is 12.2. The Balaban J connectivity index is 3.08. The average molecular weight is 253 g/mol. The number of hydrogen-bond donors (Lipinski definition) is 1. The molecule has 1 rings (SSSR count). The van der Waals surface area contributed by atoms with Gasteiger partial charge in [-0.2, -0.15) is 9.57 Å². The number of nitriles is 1. The van der Waals surface area contributed by atoms with Crippen LogP contribution in [-0.2, 0) is 10.0 Å². The number of sulfonamides is 1. The molecule has 17 heavy (non-hydrogen) atoms. The number of nitrogens with zero attached hydrogens (tertiary/aromatic N) is 2. The van der Waals surface area contributed by atoms with Crippen LogP contribution in [0.4, 0.5) is 5.69 Å². The molecule has 0 saturated heterocycles. The second kappa shape index (κ2) is 5.17. The molecule has 6 heteroatoms. The molecule has 0 bridgehead atoms. The van der Waals surface area contributed by atoms with E-state index in [-0.39, 0.29) is 17.4 Å². The van der Waals surface area contributed by atoms with Crippen LogP contribution in [0.15, 0.2) is 29.2 Å². The van der Waals surface area contributed by atoms with E-state index in [2.05, 4.69) is 0 Å². The van der Waals surface area contributed by atoms with Crippen LogP contribution in [0.2, 0.25) is 0 Å². The zero-order valence-electron chi connectivity index (χ0n) is 9.79. The van der Waals surface area contributed by atoms with E-state index in [0.717, 1.165) is 0 Å². The van der Waals surface area contributed by atoms with Gasteiger partial charge in [0.2, 0.25) is 10.0 Å². The minimum absolute atomic E-state index is 0.143. The molecular weight excluding hydrogens is 238 g/mol. The highest BCUT2D eigenvalue weighted by atomic mass is 32.2. The Morgan fingerprint density at radius 3 is 2.71 bits per heavy atom. The monoisotopic (exact) mass is 253 g/mol. The fourth-order valence-corrected chi connectivity index (χ4v) is 2.76. The van der Waals surface area contributed by atoms with Crippen molar-refractivity contribution in [2.45, 2.75) is 24.3 Å². The van der Waals surface area contributed by atoms with E-state index < -0.39 is 10.0 Å². The van der Waals surface area contributed by atoms with Crippen molar-refractivity contribution in [3.63, 3.8) is 0 Å². The van der Waals surface area contributed by atoms with E-state index in [1.54, 1.807) is 19.1 Å². The van der Waals surface area contributed by atoms with Crippen molar-refractivity contribution in [2.75, 3.05) is 12.8 Å². The number of nitrogen functional groups attached to an aromatic ring is 1. The molecule has 5 nitrogen and oxygen atoms in total. The van der Waals surface area contributed by atoms with E-state index in [1.165, 1.54) is 23.5 Å². The minimum atomic E-state index is -3.58. The highest BCUT2D eigenvalue weighted by Gasteiger charge is 2.25. The van der Waals surface area contributed by atoms with Crippen molar-refractivity contribution in [2.24, 2.45) is 0 Å². The van der Waals surface area contributed by atoms with Crippen molar-refractivity contribution in [3.8, 4) is 6.07 Å². The summed E-state index contributed by atoms with van der Waals surface area (Å²) < 4.78 is 25.5. The Hall–Kier alpha value is -1.58. The first kappa shape index (κ1) is 13.5. The lowest BCUT2D eigenvalue weighted by Crippen LogP contribution is -2.34. The van der Waals surface area contributed by atoms with E-state index >= 15 is 0 Å². The SMILES string of the molecule is CC(CC#N)N(C)S(=O)(=O)c1cccc(N)c1. The van der Waals surface area contributed by atoms with Crippen LogP contribution in [0.3, 0.4) is 0 Å².